The van der Waals surface area contributed by atoms with Crippen LogP contribution in [-0.4, -0.2) is 35.4 Å². The quantitative estimate of drug-likeness (QED) is 0.712. The van der Waals surface area contributed by atoms with Gasteiger partial charge in [-0.15, -0.1) is 0 Å². The maximum Gasteiger partial charge on any atom is 0.310 e. The van der Waals surface area contributed by atoms with E-state index in [0.717, 1.165) is 11.1 Å². The fourth-order valence-electron chi connectivity index (χ4n) is 2.46. The van der Waals surface area contributed by atoms with Gasteiger partial charge in [0.15, 0.2) is 0 Å². The van der Waals surface area contributed by atoms with Gasteiger partial charge in [-0.05, 0) is 29.3 Å². The summed E-state index contributed by atoms with van der Waals surface area (Å²) >= 11 is 5.88. The molecule has 1 unspecified atom stereocenters. The zero-order chi connectivity index (χ0) is 18.2. The van der Waals surface area contributed by atoms with E-state index in [1.165, 1.54) is 7.11 Å². The molecule has 1 amide bonds. The lowest BCUT2D eigenvalue weighted by Crippen LogP contribution is -2.37. The monoisotopic (exact) mass is 360 g/mol. The van der Waals surface area contributed by atoms with Crippen molar-refractivity contribution in [1.82, 2.24) is 9.88 Å². The molecule has 0 N–H and O–H groups in total. The first kappa shape index (κ1) is 18.9. The number of carbonyl (C=O) groups excluding carboxylic acids is 2. The number of halogens is 1. The van der Waals surface area contributed by atoms with Crippen LogP contribution in [0.15, 0.2) is 48.8 Å². The smallest absolute Gasteiger partial charge is 0.310 e. The van der Waals surface area contributed by atoms with Gasteiger partial charge >= 0.3 is 5.97 Å². The molecular formula is C19H21ClN2O3. The number of methoxy groups -OCH3 is 1. The molecule has 1 aromatic heterocycles. The third kappa shape index (κ3) is 5.87. The molecule has 0 spiro atoms. The van der Waals surface area contributed by atoms with Crippen molar-refractivity contribution >= 4 is 23.5 Å². The van der Waals surface area contributed by atoms with Crippen molar-refractivity contribution in [2.24, 2.45) is 5.92 Å². The first-order chi connectivity index (χ1) is 12.0. The number of esters is 1. The number of rotatable bonds is 7. The van der Waals surface area contributed by atoms with Crippen LogP contribution >= 0.6 is 11.6 Å². The van der Waals surface area contributed by atoms with Crippen LogP contribution in [-0.2, 0) is 27.3 Å². The van der Waals surface area contributed by atoms with Crippen molar-refractivity contribution < 1.29 is 14.3 Å². The number of carbonyl (C=O) groups is 2. The van der Waals surface area contributed by atoms with Gasteiger partial charge in [-0.2, -0.15) is 0 Å². The van der Waals surface area contributed by atoms with Crippen molar-refractivity contribution in [2.45, 2.75) is 19.9 Å². The second-order valence-corrected chi connectivity index (χ2v) is 6.30. The van der Waals surface area contributed by atoms with Gasteiger partial charge in [-0.1, -0.05) is 36.7 Å². The van der Waals surface area contributed by atoms with Crippen LogP contribution in [0.2, 0.25) is 5.02 Å². The second kappa shape index (κ2) is 9.18. The summed E-state index contributed by atoms with van der Waals surface area (Å²) in [5, 5.41) is 0.628. The molecule has 2 aromatic rings. The normalized spacial score (nSPS) is 11.6. The molecule has 0 radical (unpaired) electrons. The molecule has 0 aliphatic rings. The minimum Gasteiger partial charge on any atom is -0.469 e. The molecule has 1 aromatic carbocycles. The Hall–Kier alpha value is -2.40. The molecule has 132 valence electrons. The first-order valence-corrected chi connectivity index (χ1v) is 8.36. The average molecular weight is 361 g/mol. The molecule has 0 bridgehead atoms. The van der Waals surface area contributed by atoms with Crippen LogP contribution in [0, 0.1) is 5.92 Å². The van der Waals surface area contributed by atoms with Gasteiger partial charge in [0.1, 0.15) is 0 Å². The number of nitrogens with zero attached hydrogens (tertiary/aromatic N) is 2. The second-order valence-electron chi connectivity index (χ2n) is 5.86. The summed E-state index contributed by atoms with van der Waals surface area (Å²) in [6, 6.07) is 10.9. The summed E-state index contributed by atoms with van der Waals surface area (Å²) in [6.45, 7) is 2.42. The largest absolute Gasteiger partial charge is 0.469 e. The zero-order valence-electron chi connectivity index (χ0n) is 14.3. The Bertz CT molecular complexity index is 704. The van der Waals surface area contributed by atoms with E-state index < -0.39 is 5.92 Å². The minimum atomic E-state index is -0.407. The molecule has 6 heteroatoms. The predicted octanol–water partition coefficient (Wildman–Crippen LogP) is 3.12. The predicted molar refractivity (Wildman–Crippen MR) is 96.0 cm³/mol. The van der Waals surface area contributed by atoms with E-state index in [-0.39, 0.29) is 24.8 Å². The maximum absolute atomic E-state index is 12.8. The van der Waals surface area contributed by atoms with Crippen molar-refractivity contribution in [3.8, 4) is 0 Å². The number of hydrogen-bond donors (Lipinski definition) is 0. The minimum absolute atomic E-state index is 0.0677. The molecule has 1 atom stereocenters. The first-order valence-electron chi connectivity index (χ1n) is 7.98. The molecule has 2 rings (SSSR count). The van der Waals surface area contributed by atoms with Gasteiger partial charge in [0, 0.05) is 30.5 Å². The SMILES string of the molecule is COC(=O)C(C)CN(Cc1cccnc1)C(=O)Cc1ccc(Cl)cc1. The molecule has 0 saturated carbocycles. The molecule has 0 saturated heterocycles. The van der Waals surface area contributed by atoms with E-state index in [1.807, 2.05) is 24.3 Å². The van der Waals surface area contributed by atoms with E-state index >= 15 is 0 Å². The Kier molecular flexibility index (Phi) is 6.95. The highest BCUT2D eigenvalue weighted by Crippen LogP contribution is 2.14. The van der Waals surface area contributed by atoms with Gasteiger partial charge in [0.05, 0.1) is 19.4 Å². The van der Waals surface area contributed by atoms with Crippen molar-refractivity contribution in [2.75, 3.05) is 13.7 Å². The lowest BCUT2D eigenvalue weighted by atomic mass is 10.1. The third-order valence-electron chi connectivity index (χ3n) is 3.82. The fourth-order valence-corrected chi connectivity index (χ4v) is 2.59. The number of ether oxygens (including phenoxy) is 1. The summed E-state index contributed by atoms with van der Waals surface area (Å²) in [6.07, 6.45) is 3.64. The van der Waals surface area contributed by atoms with Crippen LogP contribution in [0.25, 0.3) is 0 Å². The molecule has 0 aliphatic carbocycles. The lowest BCUT2D eigenvalue weighted by molar-refractivity contribution is -0.146. The topological polar surface area (TPSA) is 59.5 Å². The Balaban J connectivity index is 2.12. The lowest BCUT2D eigenvalue weighted by Gasteiger charge is -2.25. The third-order valence-corrected chi connectivity index (χ3v) is 4.07. The van der Waals surface area contributed by atoms with Crippen LogP contribution in [0.1, 0.15) is 18.1 Å². The summed E-state index contributed by atoms with van der Waals surface area (Å²) in [7, 11) is 1.35. The summed E-state index contributed by atoms with van der Waals surface area (Å²) in [5.41, 5.74) is 1.78. The number of benzene rings is 1. The molecular weight excluding hydrogens is 340 g/mol. The highest BCUT2D eigenvalue weighted by Gasteiger charge is 2.22. The van der Waals surface area contributed by atoms with Crippen molar-refractivity contribution in [3.63, 3.8) is 0 Å². The Morgan fingerprint density at radius 3 is 2.52 bits per heavy atom. The van der Waals surface area contributed by atoms with Gasteiger partial charge in [-0.3, -0.25) is 14.6 Å². The fraction of sp³-hybridized carbons (Fsp3) is 0.316. The van der Waals surface area contributed by atoms with Crippen molar-refractivity contribution in [3.05, 3.63) is 64.9 Å². The molecule has 0 aliphatic heterocycles. The van der Waals surface area contributed by atoms with Crippen LogP contribution in [0.3, 0.4) is 0 Å². The van der Waals surface area contributed by atoms with Gasteiger partial charge < -0.3 is 9.64 Å². The number of pyridine rings is 1. The standard InChI is InChI=1S/C19H21ClN2O3/c1-14(19(24)25-2)12-22(13-16-4-3-9-21-11-16)18(23)10-15-5-7-17(20)8-6-15/h3-9,11,14H,10,12-13H2,1-2H3. The maximum atomic E-state index is 12.8. The van der Waals surface area contributed by atoms with E-state index in [4.69, 9.17) is 16.3 Å². The number of aromatic nitrogens is 1. The number of hydrogen-bond acceptors (Lipinski definition) is 4. The van der Waals surface area contributed by atoms with E-state index in [9.17, 15) is 9.59 Å². The Labute approximate surface area is 152 Å². The highest BCUT2D eigenvalue weighted by atomic mass is 35.5. The average Bonchev–Trinajstić information content (AvgIpc) is 2.63. The number of amides is 1. The van der Waals surface area contributed by atoms with E-state index in [0.29, 0.717) is 11.6 Å². The molecule has 0 fully saturated rings. The van der Waals surface area contributed by atoms with Gasteiger partial charge in [0.25, 0.3) is 0 Å². The van der Waals surface area contributed by atoms with E-state index in [2.05, 4.69) is 4.98 Å². The summed E-state index contributed by atoms with van der Waals surface area (Å²) in [5.74, 6) is -0.812. The summed E-state index contributed by atoms with van der Waals surface area (Å²) < 4.78 is 4.77. The zero-order valence-corrected chi connectivity index (χ0v) is 15.1. The van der Waals surface area contributed by atoms with Crippen LogP contribution in [0.5, 0.6) is 0 Å². The van der Waals surface area contributed by atoms with Crippen molar-refractivity contribution in [1.29, 1.82) is 0 Å². The van der Waals surface area contributed by atoms with Crippen LogP contribution < -0.4 is 0 Å². The van der Waals surface area contributed by atoms with E-state index in [1.54, 1.807) is 36.4 Å². The molecule has 25 heavy (non-hydrogen) atoms. The molecule has 1 heterocycles. The Morgan fingerprint density at radius 1 is 1.20 bits per heavy atom. The van der Waals surface area contributed by atoms with Gasteiger partial charge in [0.2, 0.25) is 5.91 Å². The highest BCUT2D eigenvalue weighted by molar-refractivity contribution is 6.30. The Morgan fingerprint density at radius 2 is 1.92 bits per heavy atom. The molecule has 5 nitrogen and oxygen atoms in total. The summed E-state index contributed by atoms with van der Waals surface area (Å²) in [4.78, 5) is 30.2. The van der Waals surface area contributed by atoms with Gasteiger partial charge in [-0.25, -0.2) is 0 Å². The van der Waals surface area contributed by atoms with Crippen LogP contribution in [0.4, 0.5) is 0 Å².